The van der Waals surface area contributed by atoms with E-state index in [-0.39, 0.29) is 25.5 Å². The number of amides is 1. The van der Waals surface area contributed by atoms with E-state index in [1.807, 2.05) is 0 Å². The number of tetrazole rings is 1. The van der Waals surface area contributed by atoms with Gasteiger partial charge in [0.15, 0.2) is 0 Å². The number of halogens is 3. The Kier molecular flexibility index (Phi) is 5.13. The lowest BCUT2D eigenvalue weighted by Crippen LogP contribution is -2.65. The first-order valence-electron chi connectivity index (χ1n) is 9.42. The maximum absolute atomic E-state index is 12.8. The van der Waals surface area contributed by atoms with Gasteiger partial charge in [0.05, 0.1) is 25.2 Å². The Balaban J connectivity index is 1.50. The van der Waals surface area contributed by atoms with Crippen LogP contribution < -0.4 is 5.32 Å². The summed E-state index contributed by atoms with van der Waals surface area (Å²) < 4.78 is 38.3. The number of carbonyl (C=O) groups excluding carboxylic acids is 1. The van der Waals surface area contributed by atoms with Crippen LogP contribution in [-0.4, -0.2) is 54.8 Å². The zero-order valence-corrected chi connectivity index (χ0v) is 16.5. The molecule has 1 saturated heterocycles. The number of hydrogen-bond donors (Lipinski definition) is 2. The third-order valence-corrected chi connectivity index (χ3v) is 4.96. The number of anilines is 2. The first-order chi connectivity index (χ1) is 14.6. The molecule has 1 amide bonds. The predicted molar refractivity (Wildman–Crippen MR) is 105 cm³/mol. The van der Waals surface area contributed by atoms with Crippen molar-refractivity contribution >= 4 is 17.3 Å². The Labute approximate surface area is 175 Å². The van der Waals surface area contributed by atoms with Crippen LogP contribution in [0.5, 0.6) is 0 Å². The monoisotopic (exact) mass is 432 g/mol. The zero-order chi connectivity index (χ0) is 22.2. The van der Waals surface area contributed by atoms with Crippen LogP contribution in [0.2, 0.25) is 0 Å². The number of hydrogen-bond acceptors (Lipinski definition) is 6. The lowest BCUT2D eigenvalue weighted by Gasteiger charge is -2.45. The van der Waals surface area contributed by atoms with E-state index in [2.05, 4.69) is 20.7 Å². The second-order valence-electron chi connectivity index (χ2n) is 7.49. The molecule has 0 aliphatic carbocycles. The van der Waals surface area contributed by atoms with Gasteiger partial charge in [-0.3, -0.25) is 4.79 Å². The summed E-state index contributed by atoms with van der Waals surface area (Å²) in [5.41, 5.74) is -0.178. The highest BCUT2D eigenvalue weighted by atomic mass is 19.4. The molecule has 162 valence electrons. The average Bonchev–Trinajstić information content (AvgIpc) is 3.14. The summed E-state index contributed by atoms with van der Waals surface area (Å²) >= 11 is 0. The van der Waals surface area contributed by atoms with Crippen molar-refractivity contribution in [1.82, 2.24) is 25.1 Å². The number of para-hydroxylation sites is 1. The second kappa shape index (κ2) is 7.65. The van der Waals surface area contributed by atoms with Gasteiger partial charge in [-0.15, -0.1) is 10.2 Å². The molecule has 0 saturated carbocycles. The van der Waals surface area contributed by atoms with E-state index in [4.69, 9.17) is 0 Å². The number of β-amino-alcohol motifs (C(OH)–C–C–N with tert-alkyl or cyclic N) is 1. The Morgan fingerprint density at radius 1 is 1.16 bits per heavy atom. The maximum Gasteiger partial charge on any atom is 0.416 e. The topological polar surface area (TPSA) is 96.2 Å². The van der Waals surface area contributed by atoms with Crippen LogP contribution in [0.3, 0.4) is 0 Å². The fourth-order valence-electron chi connectivity index (χ4n) is 3.35. The molecule has 11 heteroatoms. The Hall–Kier alpha value is -3.47. The van der Waals surface area contributed by atoms with Gasteiger partial charge < -0.3 is 15.3 Å². The van der Waals surface area contributed by atoms with Gasteiger partial charge in [-0.05, 0) is 41.6 Å². The van der Waals surface area contributed by atoms with Gasteiger partial charge in [-0.1, -0.05) is 12.1 Å². The van der Waals surface area contributed by atoms with Crippen LogP contribution in [0.1, 0.15) is 12.5 Å². The fourth-order valence-corrected chi connectivity index (χ4v) is 3.35. The largest absolute Gasteiger partial charge is 0.416 e. The number of aliphatic hydroxyl groups is 1. The van der Waals surface area contributed by atoms with Crippen molar-refractivity contribution < 1.29 is 23.1 Å². The van der Waals surface area contributed by atoms with Crippen LogP contribution in [0, 0.1) is 0 Å². The summed E-state index contributed by atoms with van der Waals surface area (Å²) in [7, 11) is 0. The summed E-state index contributed by atoms with van der Waals surface area (Å²) in [5.74, 6) is 0.182. The van der Waals surface area contributed by atoms with E-state index in [1.165, 1.54) is 28.8 Å². The third kappa shape index (κ3) is 4.50. The van der Waals surface area contributed by atoms with Gasteiger partial charge in [0.1, 0.15) is 5.60 Å². The van der Waals surface area contributed by atoms with E-state index >= 15 is 0 Å². The molecule has 4 rings (SSSR count). The minimum atomic E-state index is -4.40. The number of alkyl halides is 3. The molecule has 0 bridgehead atoms. The maximum atomic E-state index is 12.8. The minimum Gasteiger partial charge on any atom is -0.384 e. The van der Waals surface area contributed by atoms with Crippen molar-refractivity contribution in [3.05, 3.63) is 54.1 Å². The highest BCUT2D eigenvalue weighted by Gasteiger charge is 2.43. The minimum absolute atomic E-state index is 0.0816. The zero-order valence-electron chi connectivity index (χ0n) is 16.5. The summed E-state index contributed by atoms with van der Waals surface area (Å²) in [4.78, 5) is 14.1. The SMILES string of the molecule is CC(=O)N1CC(O)(Cn2nnc(-c3ccccc3Nc3ccc(C(F)(F)F)cc3)n2)C1. The molecule has 8 nitrogen and oxygen atoms in total. The lowest BCUT2D eigenvalue weighted by molar-refractivity contribution is -0.156. The van der Waals surface area contributed by atoms with Gasteiger partial charge in [-0.2, -0.15) is 18.0 Å². The second-order valence-corrected chi connectivity index (χ2v) is 7.49. The Morgan fingerprint density at radius 3 is 2.48 bits per heavy atom. The molecule has 0 spiro atoms. The van der Waals surface area contributed by atoms with Gasteiger partial charge >= 0.3 is 6.18 Å². The van der Waals surface area contributed by atoms with E-state index in [1.54, 1.807) is 24.3 Å². The summed E-state index contributed by atoms with van der Waals surface area (Å²) in [6, 6.07) is 11.7. The van der Waals surface area contributed by atoms with Crippen LogP contribution in [0.25, 0.3) is 11.4 Å². The molecule has 1 aliphatic heterocycles. The Bertz CT molecular complexity index is 1090. The van der Waals surface area contributed by atoms with Gasteiger partial charge in [0.25, 0.3) is 0 Å². The van der Waals surface area contributed by atoms with Gasteiger partial charge in [0.2, 0.25) is 11.7 Å². The molecule has 0 atom stereocenters. The molecule has 2 aromatic carbocycles. The van der Waals surface area contributed by atoms with Crippen LogP contribution >= 0.6 is 0 Å². The predicted octanol–water partition coefficient (Wildman–Crippen LogP) is 2.70. The molecular weight excluding hydrogens is 413 g/mol. The normalized spacial score (nSPS) is 15.5. The molecule has 2 heterocycles. The molecule has 1 aliphatic rings. The molecule has 0 unspecified atom stereocenters. The standard InChI is InChI=1S/C20H19F3N6O2/c1-13(30)28-10-19(31,11-28)12-29-26-18(25-27-29)16-4-2-3-5-17(16)24-15-8-6-14(7-9-15)20(21,22)23/h2-9,24,31H,10-12H2,1H3. The van der Waals surface area contributed by atoms with Crippen molar-refractivity contribution in [1.29, 1.82) is 0 Å². The smallest absolute Gasteiger partial charge is 0.384 e. The van der Waals surface area contributed by atoms with E-state index in [0.717, 1.165) is 12.1 Å². The van der Waals surface area contributed by atoms with Gasteiger partial charge in [-0.25, -0.2) is 0 Å². The molecule has 0 radical (unpaired) electrons. The first kappa shape index (κ1) is 20.8. The number of carbonyl (C=O) groups is 1. The van der Waals surface area contributed by atoms with Crippen molar-refractivity contribution in [2.75, 3.05) is 18.4 Å². The molecule has 1 fully saturated rings. The summed E-state index contributed by atoms with van der Waals surface area (Å²) in [6.07, 6.45) is -4.40. The number of likely N-dealkylation sites (tertiary alicyclic amines) is 1. The average molecular weight is 432 g/mol. The number of rotatable bonds is 5. The highest BCUT2D eigenvalue weighted by Crippen LogP contribution is 2.32. The lowest BCUT2D eigenvalue weighted by atomic mass is 9.94. The van der Waals surface area contributed by atoms with Gasteiger partial charge in [0, 0.05) is 23.9 Å². The number of benzene rings is 2. The third-order valence-electron chi connectivity index (χ3n) is 4.96. The van der Waals surface area contributed by atoms with Crippen LogP contribution in [-0.2, 0) is 17.5 Å². The Morgan fingerprint density at radius 2 is 1.84 bits per heavy atom. The molecule has 2 N–H and O–H groups in total. The number of nitrogens with zero attached hydrogens (tertiary/aromatic N) is 5. The van der Waals surface area contributed by atoms with E-state index in [0.29, 0.717) is 22.8 Å². The molecule has 1 aromatic heterocycles. The van der Waals surface area contributed by atoms with Crippen molar-refractivity contribution in [2.45, 2.75) is 25.2 Å². The van der Waals surface area contributed by atoms with Crippen molar-refractivity contribution in [3.8, 4) is 11.4 Å². The van der Waals surface area contributed by atoms with Crippen LogP contribution in [0.15, 0.2) is 48.5 Å². The molecule has 31 heavy (non-hydrogen) atoms. The first-order valence-corrected chi connectivity index (χ1v) is 9.42. The molecule has 3 aromatic rings. The van der Waals surface area contributed by atoms with Crippen molar-refractivity contribution in [2.24, 2.45) is 0 Å². The van der Waals surface area contributed by atoms with E-state index in [9.17, 15) is 23.1 Å². The number of aromatic nitrogens is 4. The quantitative estimate of drug-likeness (QED) is 0.644. The number of nitrogens with one attached hydrogen (secondary N) is 1. The summed E-state index contributed by atoms with van der Waals surface area (Å²) in [6.45, 7) is 1.92. The summed E-state index contributed by atoms with van der Waals surface area (Å²) in [5, 5.41) is 25.9. The van der Waals surface area contributed by atoms with Crippen molar-refractivity contribution in [3.63, 3.8) is 0 Å². The van der Waals surface area contributed by atoms with Crippen LogP contribution in [0.4, 0.5) is 24.5 Å². The van der Waals surface area contributed by atoms with E-state index < -0.39 is 17.3 Å². The fraction of sp³-hybridized carbons (Fsp3) is 0.300. The highest BCUT2D eigenvalue weighted by molar-refractivity contribution is 5.77. The molecular formula is C20H19F3N6O2.